The van der Waals surface area contributed by atoms with Crippen molar-refractivity contribution in [2.24, 2.45) is 5.73 Å². The Morgan fingerprint density at radius 3 is 1.21 bits per heavy atom. The Morgan fingerprint density at radius 2 is 0.855 bits per heavy atom. The summed E-state index contributed by atoms with van der Waals surface area (Å²) in [6, 6.07) is 0. The lowest BCUT2D eigenvalue weighted by molar-refractivity contribution is -0.120. The molecule has 0 aromatic heterocycles. The van der Waals surface area contributed by atoms with Gasteiger partial charge in [-0.3, -0.25) is 4.79 Å². The van der Waals surface area contributed by atoms with Crippen LogP contribution in [0.4, 0.5) is 38.4 Å². The van der Waals surface area contributed by atoms with E-state index in [1.165, 1.54) is 14.2 Å². The van der Waals surface area contributed by atoms with Crippen LogP contribution in [-0.4, -0.2) is 171 Å². The van der Waals surface area contributed by atoms with E-state index in [1.807, 2.05) is 20.8 Å². The zero-order chi connectivity index (χ0) is 48.1. The Labute approximate surface area is 361 Å². The minimum atomic E-state index is -0.959. The monoisotopic (exact) mass is 900 g/mol. The van der Waals surface area contributed by atoms with Gasteiger partial charge in [-0.1, -0.05) is 0 Å². The number of hydrogen-bond donors (Lipinski definition) is 10. The molecule has 0 saturated carbocycles. The third-order valence-electron chi connectivity index (χ3n) is 5.89. The molecule has 0 aromatic carbocycles. The molecule has 0 fully saturated rings. The lowest BCUT2D eigenvalue weighted by Gasteiger charge is -2.19. The first-order chi connectivity index (χ1) is 28.9. The van der Waals surface area contributed by atoms with Crippen molar-refractivity contribution in [2.45, 2.75) is 78.8 Å². The second-order valence-corrected chi connectivity index (χ2v) is 13.6. The zero-order valence-corrected chi connectivity index (χ0v) is 37.5. The van der Waals surface area contributed by atoms with Crippen LogP contribution < -0.4 is 53.6 Å². The largest absolute Gasteiger partial charge is 0.453 e. The van der Waals surface area contributed by atoms with Crippen molar-refractivity contribution in [1.29, 1.82) is 0 Å². The van der Waals surface area contributed by atoms with Crippen LogP contribution in [0.5, 0.6) is 0 Å². The smallest absolute Gasteiger partial charge is 0.407 e. The SMILES string of the molecule is CC(C)(C)OC(=O)NCCN.CCOC(=O)NCC(CNC(=O)OC)OC(=O)NC.CCOC(=O)NCC(CNC(=O)OC)OC(=O)NCC(=O)NCCNC(=O)OC(C)(C)C. The minimum Gasteiger partial charge on any atom is -0.453 e. The van der Waals surface area contributed by atoms with Crippen molar-refractivity contribution in [3.63, 3.8) is 0 Å². The molecule has 0 rings (SSSR count). The van der Waals surface area contributed by atoms with Gasteiger partial charge in [-0.05, 0) is 55.4 Å². The predicted molar refractivity (Wildman–Crippen MR) is 219 cm³/mol. The number of methoxy groups -OCH3 is 2. The molecular formula is C35H68N10O17. The normalized spacial score (nSPS) is 11.1. The highest BCUT2D eigenvalue weighted by molar-refractivity contribution is 5.82. The molecule has 2 atom stereocenters. The van der Waals surface area contributed by atoms with Gasteiger partial charge in [0, 0.05) is 33.2 Å². The summed E-state index contributed by atoms with van der Waals surface area (Å²) in [7, 11) is 3.77. The molecular weight excluding hydrogens is 832 g/mol. The Bertz CT molecular complexity index is 1360. The molecule has 27 heteroatoms. The van der Waals surface area contributed by atoms with Crippen molar-refractivity contribution in [2.75, 3.05) is 93.4 Å². The molecule has 0 bridgehead atoms. The van der Waals surface area contributed by atoms with Crippen LogP contribution >= 0.6 is 0 Å². The number of amides is 9. The highest BCUT2D eigenvalue weighted by Gasteiger charge is 2.20. The maximum Gasteiger partial charge on any atom is 0.407 e. The molecule has 0 spiro atoms. The van der Waals surface area contributed by atoms with Gasteiger partial charge in [-0.2, -0.15) is 0 Å². The molecule has 0 aromatic rings. The standard InChI is InChI=1S/C18H33N5O9.C10H19N3O6.C7H16N2O2/c1-6-30-15(26)22-10-12(9-21-14(25)29-5)31-16(27)23-11-13(24)19-7-8-20-17(28)32-18(2,3)4;1-4-18-10(16)13-6-7(19-8(14)11-2)5-12-9(15)17-3;1-7(2,3)11-6(10)9-5-4-8/h12H,6-11H2,1-5H3,(H,19,24)(H,20,28)(H,21,25)(H,22,26)(H,23,27);7H,4-6H2,1-3H3,(H,11,14)(H,12,15)(H,13,16);4-5,8H2,1-3H3,(H,9,10). The Kier molecular flexibility index (Phi) is 34.2. The van der Waals surface area contributed by atoms with Gasteiger partial charge in [-0.25, -0.2) is 38.4 Å². The van der Waals surface area contributed by atoms with E-state index in [0.29, 0.717) is 13.1 Å². The van der Waals surface area contributed by atoms with Crippen LogP contribution in [0.2, 0.25) is 0 Å². The lowest BCUT2D eigenvalue weighted by atomic mass is 10.2. The summed E-state index contributed by atoms with van der Waals surface area (Å²) in [6.45, 7) is 14.7. The van der Waals surface area contributed by atoms with Crippen molar-refractivity contribution in [1.82, 2.24) is 47.9 Å². The summed E-state index contributed by atoms with van der Waals surface area (Å²) in [5.41, 5.74) is 4.11. The van der Waals surface area contributed by atoms with Crippen LogP contribution in [-0.2, 0) is 42.7 Å². The first-order valence-electron chi connectivity index (χ1n) is 19.1. The van der Waals surface area contributed by atoms with Crippen LogP contribution in [0, 0.1) is 0 Å². The van der Waals surface area contributed by atoms with Gasteiger partial charge in [0.05, 0.1) is 60.2 Å². The molecule has 62 heavy (non-hydrogen) atoms. The number of nitrogens with one attached hydrogen (secondary N) is 9. The third kappa shape index (κ3) is 41.7. The van der Waals surface area contributed by atoms with Gasteiger partial charge in [0.15, 0.2) is 0 Å². The highest BCUT2D eigenvalue weighted by Crippen LogP contribution is 2.06. The highest BCUT2D eigenvalue weighted by atomic mass is 16.6. The van der Waals surface area contributed by atoms with E-state index in [0.717, 1.165) is 7.11 Å². The first kappa shape index (κ1) is 59.9. The van der Waals surface area contributed by atoms with E-state index in [-0.39, 0.29) is 52.5 Å². The number of nitrogens with two attached hydrogens (primary N) is 1. The summed E-state index contributed by atoms with van der Waals surface area (Å²) in [6.07, 6.45) is -7.14. The van der Waals surface area contributed by atoms with Crippen molar-refractivity contribution in [3.8, 4) is 0 Å². The number of hydrogen-bond acceptors (Lipinski definition) is 18. The first-order valence-corrected chi connectivity index (χ1v) is 19.1. The molecule has 0 aliphatic rings. The topological polar surface area (TPSA) is 362 Å². The second kappa shape index (κ2) is 35.4. The summed E-state index contributed by atoms with van der Waals surface area (Å²) >= 11 is 0. The molecule has 9 amide bonds. The molecule has 0 saturated heterocycles. The lowest BCUT2D eigenvalue weighted by Crippen LogP contribution is -2.46. The van der Waals surface area contributed by atoms with Gasteiger partial charge >= 0.3 is 48.7 Å². The van der Waals surface area contributed by atoms with E-state index < -0.39 is 84.6 Å². The molecule has 360 valence electrons. The van der Waals surface area contributed by atoms with Gasteiger partial charge in [0.1, 0.15) is 23.4 Å². The van der Waals surface area contributed by atoms with Gasteiger partial charge in [0.2, 0.25) is 5.91 Å². The number of ether oxygens (including phenoxy) is 8. The summed E-state index contributed by atoms with van der Waals surface area (Å²) in [5.74, 6) is -0.526. The number of carbonyl (C=O) groups excluding carboxylic acids is 9. The van der Waals surface area contributed by atoms with Gasteiger partial charge in [0.25, 0.3) is 0 Å². The zero-order valence-electron chi connectivity index (χ0n) is 37.5. The quantitative estimate of drug-likeness (QED) is 0.0607. The fourth-order valence-electron chi connectivity index (χ4n) is 3.40. The van der Waals surface area contributed by atoms with E-state index in [2.05, 4.69) is 62.1 Å². The number of alkyl carbamates (subject to hydrolysis) is 8. The summed E-state index contributed by atoms with van der Waals surface area (Å²) < 4.78 is 38.2. The Morgan fingerprint density at radius 1 is 0.484 bits per heavy atom. The number of carbonyl (C=O) groups is 9. The van der Waals surface area contributed by atoms with Crippen LogP contribution in [0.15, 0.2) is 0 Å². The average Bonchev–Trinajstić information content (AvgIpc) is 3.18. The molecule has 27 nitrogen and oxygen atoms in total. The molecule has 11 N–H and O–H groups in total. The van der Waals surface area contributed by atoms with Crippen LogP contribution in [0.1, 0.15) is 55.4 Å². The third-order valence-corrected chi connectivity index (χ3v) is 5.89. The molecule has 0 heterocycles. The Hall–Kier alpha value is -6.41. The van der Waals surface area contributed by atoms with Crippen LogP contribution in [0.3, 0.4) is 0 Å². The molecule has 0 radical (unpaired) electrons. The average molecular weight is 901 g/mol. The van der Waals surface area contributed by atoms with Crippen molar-refractivity contribution < 1.29 is 81.0 Å². The second-order valence-electron chi connectivity index (χ2n) is 13.6. The summed E-state index contributed by atoms with van der Waals surface area (Å²) in [4.78, 5) is 102. The van der Waals surface area contributed by atoms with Crippen molar-refractivity contribution in [3.05, 3.63) is 0 Å². The van der Waals surface area contributed by atoms with E-state index in [1.54, 1.807) is 34.6 Å². The van der Waals surface area contributed by atoms with Gasteiger partial charge < -0.3 is 91.5 Å². The van der Waals surface area contributed by atoms with E-state index >= 15 is 0 Å². The van der Waals surface area contributed by atoms with Crippen molar-refractivity contribution >= 4 is 54.7 Å². The van der Waals surface area contributed by atoms with Gasteiger partial charge in [-0.15, -0.1) is 0 Å². The molecule has 2 unspecified atom stereocenters. The fraction of sp³-hybridized carbons (Fsp3) is 0.743. The number of rotatable bonds is 19. The summed E-state index contributed by atoms with van der Waals surface area (Å²) in [5, 5.41) is 21.4. The maximum atomic E-state index is 11.9. The minimum absolute atomic E-state index is 0.00372. The van der Waals surface area contributed by atoms with E-state index in [4.69, 9.17) is 29.4 Å². The van der Waals surface area contributed by atoms with Crippen LogP contribution in [0.25, 0.3) is 0 Å². The fourth-order valence-corrected chi connectivity index (χ4v) is 3.40. The maximum absolute atomic E-state index is 11.9. The molecule has 0 aliphatic carbocycles. The van der Waals surface area contributed by atoms with E-state index in [9.17, 15) is 43.2 Å². The Balaban J connectivity index is -0.000000972. The predicted octanol–water partition coefficient (Wildman–Crippen LogP) is 0.107. The molecule has 0 aliphatic heterocycles.